The van der Waals surface area contributed by atoms with Crippen molar-refractivity contribution < 1.29 is 4.74 Å². The van der Waals surface area contributed by atoms with Crippen LogP contribution in [0, 0.1) is 6.92 Å². The van der Waals surface area contributed by atoms with Crippen LogP contribution in [0.1, 0.15) is 43.0 Å². The highest BCUT2D eigenvalue weighted by molar-refractivity contribution is 5.59. The minimum atomic E-state index is 0.522. The van der Waals surface area contributed by atoms with Gasteiger partial charge in [0.2, 0.25) is 0 Å². The highest BCUT2D eigenvalue weighted by atomic mass is 16.5. The molecule has 2 fully saturated rings. The van der Waals surface area contributed by atoms with Gasteiger partial charge in [0.25, 0.3) is 0 Å². The molecule has 20 heavy (non-hydrogen) atoms. The zero-order chi connectivity index (χ0) is 14.1. The third-order valence-corrected chi connectivity index (χ3v) is 4.39. The van der Waals surface area contributed by atoms with Crippen LogP contribution in [0.25, 0.3) is 0 Å². The van der Waals surface area contributed by atoms with Gasteiger partial charge < -0.3 is 15.0 Å². The average Bonchev–Trinajstić information content (AvgIpc) is 3.32. The molecule has 0 radical (unpaired) electrons. The minimum Gasteiger partial charge on any atom is -0.381 e. The van der Waals surface area contributed by atoms with Crippen molar-refractivity contribution in [2.24, 2.45) is 0 Å². The van der Waals surface area contributed by atoms with E-state index in [1.807, 2.05) is 7.05 Å². The predicted molar refractivity (Wildman–Crippen MR) is 80.5 cm³/mol. The van der Waals surface area contributed by atoms with Crippen molar-refractivity contribution in [1.29, 1.82) is 0 Å². The summed E-state index contributed by atoms with van der Waals surface area (Å²) in [5, 5.41) is 3.21. The summed E-state index contributed by atoms with van der Waals surface area (Å²) in [6.45, 7) is 3.81. The first-order chi connectivity index (χ1) is 9.70. The van der Waals surface area contributed by atoms with Crippen molar-refractivity contribution in [3.8, 4) is 0 Å². The van der Waals surface area contributed by atoms with Gasteiger partial charge in [-0.2, -0.15) is 0 Å². The van der Waals surface area contributed by atoms with E-state index in [9.17, 15) is 0 Å². The summed E-state index contributed by atoms with van der Waals surface area (Å²) in [7, 11) is 4.09. The molecule has 2 heterocycles. The molecule has 0 aromatic carbocycles. The van der Waals surface area contributed by atoms with Gasteiger partial charge in [0.1, 0.15) is 17.5 Å². The first-order valence-electron chi connectivity index (χ1n) is 7.57. The third-order valence-electron chi connectivity index (χ3n) is 4.39. The van der Waals surface area contributed by atoms with Crippen LogP contribution in [0.5, 0.6) is 0 Å². The van der Waals surface area contributed by atoms with Crippen molar-refractivity contribution in [2.75, 3.05) is 37.5 Å². The van der Waals surface area contributed by atoms with Gasteiger partial charge in [-0.15, -0.1) is 0 Å². The van der Waals surface area contributed by atoms with E-state index in [0.29, 0.717) is 12.0 Å². The summed E-state index contributed by atoms with van der Waals surface area (Å²) in [4.78, 5) is 11.8. The van der Waals surface area contributed by atoms with Crippen LogP contribution in [0.4, 0.5) is 11.6 Å². The molecule has 5 nitrogen and oxygen atoms in total. The Morgan fingerprint density at radius 2 is 1.85 bits per heavy atom. The van der Waals surface area contributed by atoms with Gasteiger partial charge >= 0.3 is 0 Å². The van der Waals surface area contributed by atoms with Gasteiger partial charge in [0, 0.05) is 44.8 Å². The Morgan fingerprint density at radius 3 is 2.45 bits per heavy atom. The molecule has 0 bridgehead atoms. The lowest BCUT2D eigenvalue weighted by Crippen LogP contribution is -2.37. The van der Waals surface area contributed by atoms with Gasteiger partial charge in [-0.3, -0.25) is 0 Å². The molecule has 1 aromatic rings. The SMILES string of the molecule is CNc1nc(C2CC2)nc(N(C)C2CCOCC2)c1C. The van der Waals surface area contributed by atoms with E-state index in [0.717, 1.165) is 49.1 Å². The fraction of sp³-hybridized carbons (Fsp3) is 0.733. The normalized spacial score (nSPS) is 19.9. The molecule has 0 atom stereocenters. The van der Waals surface area contributed by atoms with Crippen LogP contribution < -0.4 is 10.2 Å². The highest BCUT2D eigenvalue weighted by Crippen LogP contribution is 2.40. The fourth-order valence-corrected chi connectivity index (χ4v) is 2.88. The molecule has 1 aliphatic heterocycles. The van der Waals surface area contributed by atoms with E-state index >= 15 is 0 Å². The van der Waals surface area contributed by atoms with E-state index in [-0.39, 0.29) is 0 Å². The molecule has 1 N–H and O–H groups in total. The molecule has 1 aliphatic carbocycles. The minimum absolute atomic E-state index is 0.522. The predicted octanol–water partition coefficient (Wildman–Crippen LogP) is 2.32. The summed E-state index contributed by atoms with van der Waals surface area (Å²) in [5.41, 5.74) is 1.14. The van der Waals surface area contributed by atoms with Crippen LogP contribution in [0.15, 0.2) is 0 Å². The van der Waals surface area contributed by atoms with Crippen LogP contribution >= 0.6 is 0 Å². The maximum Gasteiger partial charge on any atom is 0.137 e. The second-order valence-electron chi connectivity index (χ2n) is 5.86. The Labute approximate surface area is 120 Å². The lowest BCUT2D eigenvalue weighted by Gasteiger charge is -2.33. The molecule has 0 unspecified atom stereocenters. The van der Waals surface area contributed by atoms with E-state index in [1.165, 1.54) is 12.8 Å². The first kappa shape index (κ1) is 13.6. The van der Waals surface area contributed by atoms with Crippen molar-refractivity contribution in [3.05, 3.63) is 11.4 Å². The largest absolute Gasteiger partial charge is 0.381 e. The second kappa shape index (κ2) is 5.56. The zero-order valence-electron chi connectivity index (χ0n) is 12.6. The summed E-state index contributed by atoms with van der Waals surface area (Å²) in [5.74, 6) is 3.63. The van der Waals surface area contributed by atoms with E-state index in [1.54, 1.807) is 0 Å². The quantitative estimate of drug-likeness (QED) is 0.914. The van der Waals surface area contributed by atoms with E-state index < -0.39 is 0 Å². The lowest BCUT2D eigenvalue weighted by atomic mass is 10.1. The van der Waals surface area contributed by atoms with Crippen LogP contribution in [-0.4, -0.2) is 43.3 Å². The molecular formula is C15H24N4O. The molecule has 2 aliphatic rings. The van der Waals surface area contributed by atoms with Gasteiger partial charge in [0.15, 0.2) is 0 Å². The zero-order valence-corrected chi connectivity index (χ0v) is 12.6. The maximum absolute atomic E-state index is 5.46. The van der Waals surface area contributed by atoms with Crippen molar-refractivity contribution >= 4 is 11.6 Å². The standard InChI is InChI=1S/C15H24N4O/c1-10-13(16-2)17-14(11-4-5-11)18-15(10)19(3)12-6-8-20-9-7-12/h11-12H,4-9H2,1-3H3,(H,16,17,18). The molecule has 3 rings (SSSR count). The molecule has 110 valence electrons. The van der Waals surface area contributed by atoms with Crippen LogP contribution in [-0.2, 0) is 4.74 Å². The van der Waals surface area contributed by atoms with Gasteiger partial charge in [-0.25, -0.2) is 9.97 Å². The van der Waals surface area contributed by atoms with E-state index in [2.05, 4.69) is 29.2 Å². The van der Waals surface area contributed by atoms with Crippen LogP contribution in [0.2, 0.25) is 0 Å². The number of hydrogen-bond acceptors (Lipinski definition) is 5. The number of ether oxygens (including phenoxy) is 1. The molecule has 1 saturated heterocycles. The maximum atomic E-state index is 5.46. The van der Waals surface area contributed by atoms with Gasteiger partial charge in [-0.1, -0.05) is 0 Å². The number of aromatic nitrogens is 2. The summed E-state index contributed by atoms with van der Waals surface area (Å²) < 4.78 is 5.46. The molecule has 1 aromatic heterocycles. The Morgan fingerprint density at radius 1 is 1.15 bits per heavy atom. The smallest absolute Gasteiger partial charge is 0.137 e. The molecule has 5 heteroatoms. The Bertz CT molecular complexity index is 481. The Hall–Kier alpha value is -1.36. The second-order valence-corrected chi connectivity index (χ2v) is 5.86. The lowest BCUT2D eigenvalue weighted by molar-refractivity contribution is 0.0853. The average molecular weight is 276 g/mol. The molecule has 1 saturated carbocycles. The molecular weight excluding hydrogens is 252 g/mol. The molecule has 0 amide bonds. The number of hydrogen-bond donors (Lipinski definition) is 1. The van der Waals surface area contributed by atoms with Gasteiger partial charge in [-0.05, 0) is 32.6 Å². The first-order valence-corrected chi connectivity index (χ1v) is 7.57. The summed E-state index contributed by atoms with van der Waals surface area (Å²) in [6.07, 6.45) is 4.61. The highest BCUT2D eigenvalue weighted by Gasteiger charge is 2.29. The van der Waals surface area contributed by atoms with Crippen molar-refractivity contribution in [3.63, 3.8) is 0 Å². The third kappa shape index (κ3) is 2.59. The van der Waals surface area contributed by atoms with E-state index in [4.69, 9.17) is 9.72 Å². The van der Waals surface area contributed by atoms with Crippen molar-refractivity contribution in [2.45, 2.75) is 44.6 Å². The topological polar surface area (TPSA) is 50.3 Å². The molecule has 0 spiro atoms. The van der Waals surface area contributed by atoms with Crippen molar-refractivity contribution in [1.82, 2.24) is 9.97 Å². The van der Waals surface area contributed by atoms with Gasteiger partial charge in [0.05, 0.1) is 0 Å². The number of rotatable bonds is 4. The van der Waals surface area contributed by atoms with Crippen LogP contribution in [0.3, 0.4) is 0 Å². The summed E-state index contributed by atoms with van der Waals surface area (Å²) >= 11 is 0. The Kier molecular flexibility index (Phi) is 3.78. The monoisotopic (exact) mass is 276 g/mol. The number of anilines is 2. The number of nitrogens with one attached hydrogen (secondary N) is 1. The number of nitrogens with zero attached hydrogens (tertiary/aromatic N) is 3. The Balaban J connectivity index is 1.91. The summed E-state index contributed by atoms with van der Waals surface area (Å²) in [6, 6.07) is 0.522. The fourth-order valence-electron chi connectivity index (χ4n) is 2.88.